The molecule has 0 aromatic carbocycles. The maximum Gasteiger partial charge on any atom is 0.163 e. The molecule has 2 nitrogen and oxygen atoms in total. The lowest BCUT2D eigenvalue weighted by molar-refractivity contribution is -0.235. The molecule has 54 valence electrons. The van der Waals surface area contributed by atoms with Crippen molar-refractivity contribution in [2.75, 3.05) is 0 Å². The second-order valence-electron chi connectivity index (χ2n) is 3.05. The summed E-state index contributed by atoms with van der Waals surface area (Å²) in [4.78, 5) is 0. The monoisotopic (exact) mass is 130 g/mol. The van der Waals surface area contributed by atoms with Crippen LogP contribution in [0.15, 0.2) is 0 Å². The first-order valence-corrected chi connectivity index (χ1v) is 3.59. The van der Waals surface area contributed by atoms with E-state index in [-0.39, 0.29) is 0 Å². The lowest BCUT2D eigenvalue weighted by atomic mass is 9.77. The van der Waals surface area contributed by atoms with Gasteiger partial charge in [0.25, 0.3) is 0 Å². The van der Waals surface area contributed by atoms with Gasteiger partial charge in [-0.3, -0.25) is 0 Å². The molecule has 9 heavy (non-hydrogen) atoms. The Morgan fingerprint density at radius 3 is 2.33 bits per heavy atom. The van der Waals surface area contributed by atoms with Crippen LogP contribution in [0.3, 0.4) is 0 Å². The summed E-state index contributed by atoms with van der Waals surface area (Å²) in [5.41, 5.74) is 0. The van der Waals surface area contributed by atoms with Crippen molar-refractivity contribution >= 4 is 0 Å². The molecule has 1 aliphatic carbocycles. The van der Waals surface area contributed by atoms with Crippen LogP contribution in [0.5, 0.6) is 0 Å². The first kappa shape index (κ1) is 7.03. The fourth-order valence-corrected chi connectivity index (χ4v) is 1.48. The fraction of sp³-hybridized carbons (Fsp3) is 1.00. The molecule has 1 rings (SSSR count). The van der Waals surface area contributed by atoms with E-state index in [1.165, 1.54) is 0 Å². The van der Waals surface area contributed by atoms with Crippen molar-refractivity contribution in [3.8, 4) is 0 Å². The highest BCUT2D eigenvalue weighted by atomic mass is 16.5. The van der Waals surface area contributed by atoms with Gasteiger partial charge in [0, 0.05) is 12.8 Å². The van der Waals surface area contributed by atoms with Crippen LogP contribution in [0.4, 0.5) is 0 Å². The lowest BCUT2D eigenvalue weighted by Crippen LogP contribution is -2.43. The molecule has 1 saturated carbocycles. The van der Waals surface area contributed by atoms with E-state index < -0.39 is 5.79 Å². The third-order valence-corrected chi connectivity index (χ3v) is 1.93. The third-order valence-electron chi connectivity index (χ3n) is 1.93. The van der Waals surface area contributed by atoms with Crippen molar-refractivity contribution < 1.29 is 10.2 Å². The summed E-state index contributed by atoms with van der Waals surface area (Å²) in [6.45, 7) is 2.12. The summed E-state index contributed by atoms with van der Waals surface area (Å²) in [5.74, 6) is -0.732. The van der Waals surface area contributed by atoms with Crippen LogP contribution in [-0.2, 0) is 0 Å². The van der Waals surface area contributed by atoms with Gasteiger partial charge >= 0.3 is 0 Å². The van der Waals surface area contributed by atoms with Crippen LogP contribution in [0.25, 0.3) is 0 Å². The van der Waals surface area contributed by atoms with Crippen molar-refractivity contribution in [1.82, 2.24) is 0 Å². The van der Waals surface area contributed by atoms with Crippen molar-refractivity contribution in [1.29, 1.82) is 0 Å². The summed E-state index contributed by atoms with van der Waals surface area (Å²) in [6, 6.07) is 0. The van der Waals surface area contributed by atoms with Crippen LogP contribution < -0.4 is 0 Å². The van der Waals surface area contributed by atoms with Gasteiger partial charge in [-0.2, -0.15) is 0 Å². The molecule has 0 amide bonds. The van der Waals surface area contributed by atoms with Crippen LogP contribution in [-0.4, -0.2) is 16.0 Å². The average molecular weight is 130 g/mol. The summed E-state index contributed by atoms with van der Waals surface area (Å²) in [7, 11) is 0. The Morgan fingerprint density at radius 2 is 2.00 bits per heavy atom. The van der Waals surface area contributed by atoms with Gasteiger partial charge in [-0.05, 0) is 5.92 Å². The third kappa shape index (κ3) is 1.66. The minimum Gasteiger partial charge on any atom is -0.366 e. The van der Waals surface area contributed by atoms with Crippen LogP contribution in [0.2, 0.25) is 0 Å². The molecule has 2 heteroatoms. The van der Waals surface area contributed by atoms with Gasteiger partial charge < -0.3 is 10.2 Å². The van der Waals surface area contributed by atoms with E-state index in [1.807, 2.05) is 0 Å². The van der Waals surface area contributed by atoms with E-state index in [9.17, 15) is 0 Å². The first-order valence-electron chi connectivity index (χ1n) is 3.59. The van der Waals surface area contributed by atoms with E-state index >= 15 is 0 Å². The fourth-order valence-electron chi connectivity index (χ4n) is 1.48. The molecule has 0 bridgehead atoms. The molecule has 0 unspecified atom stereocenters. The predicted octanol–water partition coefficient (Wildman–Crippen LogP) is 0.877. The molecule has 1 fully saturated rings. The molecule has 0 radical (unpaired) electrons. The molecule has 0 aromatic rings. The van der Waals surface area contributed by atoms with Gasteiger partial charge in [-0.25, -0.2) is 0 Å². The average Bonchev–Trinajstić information content (AvgIpc) is 1.62. The van der Waals surface area contributed by atoms with Gasteiger partial charge in [-0.1, -0.05) is 19.8 Å². The predicted molar refractivity (Wildman–Crippen MR) is 34.8 cm³/mol. The molecule has 2 N–H and O–H groups in total. The quantitative estimate of drug-likeness (QED) is 0.545. The highest BCUT2D eigenvalue weighted by Crippen LogP contribution is 2.37. The zero-order chi connectivity index (χ0) is 6.91. The zero-order valence-electron chi connectivity index (χ0n) is 5.80. The number of hydrogen-bond donors (Lipinski definition) is 2. The molecule has 0 spiro atoms. The Labute approximate surface area is 55.5 Å². The van der Waals surface area contributed by atoms with Crippen molar-refractivity contribution in [3.63, 3.8) is 0 Å². The minimum atomic E-state index is -1.31. The molecule has 0 atom stereocenters. The van der Waals surface area contributed by atoms with Crippen LogP contribution >= 0.6 is 0 Å². The highest BCUT2D eigenvalue weighted by Gasteiger charge is 2.39. The number of aliphatic hydroxyl groups is 2. The molecule has 0 aromatic heterocycles. The van der Waals surface area contributed by atoms with Gasteiger partial charge in [0.1, 0.15) is 0 Å². The maximum absolute atomic E-state index is 8.87. The normalized spacial score (nSPS) is 25.7. The summed E-state index contributed by atoms with van der Waals surface area (Å²) in [5, 5.41) is 17.7. The molecule has 0 aliphatic heterocycles. The molecular weight excluding hydrogens is 116 g/mol. The van der Waals surface area contributed by atoms with E-state index in [1.54, 1.807) is 0 Å². The molecule has 1 aliphatic rings. The zero-order valence-corrected chi connectivity index (χ0v) is 5.80. The highest BCUT2D eigenvalue weighted by molar-refractivity contribution is 4.84. The number of rotatable bonds is 2. The van der Waals surface area contributed by atoms with Gasteiger partial charge in [0.15, 0.2) is 5.79 Å². The second-order valence-corrected chi connectivity index (χ2v) is 3.05. The first-order chi connectivity index (χ1) is 4.14. The molecular formula is C7H14O2. The smallest absolute Gasteiger partial charge is 0.163 e. The van der Waals surface area contributed by atoms with E-state index in [0.717, 1.165) is 12.8 Å². The second kappa shape index (κ2) is 2.27. The van der Waals surface area contributed by atoms with Crippen molar-refractivity contribution in [2.45, 2.75) is 38.4 Å². The topological polar surface area (TPSA) is 40.5 Å². The van der Waals surface area contributed by atoms with Gasteiger partial charge in [0.2, 0.25) is 0 Å². The molecule has 0 saturated heterocycles. The summed E-state index contributed by atoms with van der Waals surface area (Å²) in [6.07, 6.45) is 3.46. The molecule has 0 heterocycles. The minimum absolute atomic E-state index is 0.574. The Hall–Kier alpha value is -0.0800. The lowest BCUT2D eigenvalue weighted by Gasteiger charge is -2.39. The van der Waals surface area contributed by atoms with E-state index in [0.29, 0.717) is 18.8 Å². The Kier molecular flexibility index (Phi) is 1.78. The largest absolute Gasteiger partial charge is 0.366 e. The van der Waals surface area contributed by atoms with Gasteiger partial charge in [0.05, 0.1) is 0 Å². The van der Waals surface area contributed by atoms with Crippen molar-refractivity contribution in [2.24, 2.45) is 5.92 Å². The van der Waals surface area contributed by atoms with Gasteiger partial charge in [-0.15, -0.1) is 0 Å². The Morgan fingerprint density at radius 1 is 1.44 bits per heavy atom. The summed E-state index contributed by atoms with van der Waals surface area (Å²) >= 11 is 0. The Bertz CT molecular complexity index is 91.1. The van der Waals surface area contributed by atoms with Crippen LogP contribution in [0, 0.1) is 5.92 Å². The summed E-state index contributed by atoms with van der Waals surface area (Å²) < 4.78 is 0. The standard InChI is InChI=1S/C7H14O2/c1-2-3-6-4-7(8,9)5-6/h6,8-9H,2-5H2,1H3. The maximum atomic E-state index is 8.87. The Balaban J connectivity index is 2.12. The van der Waals surface area contributed by atoms with Crippen LogP contribution in [0.1, 0.15) is 32.6 Å². The van der Waals surface area contributed by atoms with E-state index in [2.05, 4.69) is 6.92 Å². The van der Waals surface area contributed by atoms with E-state index in [4.69, 9.17) is 10.2 Å². The SMILES string of the molecule is CCCC1CC(O)(O)C1. The van der Waals surface area contributed by atoms with Crippen molar-refractivity contribution in [3.05, 3.63) is 0 Å². The number of hydrogen-bond acceptors (Lipinski definition) is 2.